The van der Waals surface area contributed by atoms with Gasteiger partial charge in [-0.05, 0) is 54.3 Å². The molecule has 0 radical (unpaired) electrons. The third-order valence-corrected chi connectivity index (χ3v) is 12.0. The highest BCUT2D eigenvalue weighted by molar-refractivity contribution is 6.35. The molecule has 10 nitrogen and oxygen atoms in total. The van der Waals surface area contributed by atoms with E-state index in [2.05, 4.69) is 20.1 Å². The van der Waals surface area contributed by atoms with E-state index in [0.717, 1.165) is 53.9 Å². The first-order valence-corrected chi connectivity index (χ1v) is 19.7. The van der Waals surface area contributed by atoms with E-state index in [4.69, 9.17) is 49.5 Å². The van der Waals surface area contributed by atoms with Gasteiger partial charge in [-0.2, -0.15) is 0 Å². The highest BCUT2D eigenvalue weighted by atomic mass is 35.5. The Hall–Kier alpha value is -4.87. The summed E-state index contributed by atoms with van der Waals surface area (Å²) in [5, 5.41) is 5.50. The van der Waals surface area contributed by atoms with Crippen molar-refractivity contribution in [2.75, 3.05) is 43.5 Å². The number of methoxy groups -OCH3 is 1. The van der Waals surface area contributed by atoms with Gasteiger partial charge in [0.1, 0.15) is 5.69 Å². The number of hydrogen-bond acceptors (Lipinski definition) is 7. The molecule has 1 atom stereocenters. The summed E-state index contributed by atoms with van der Waals surface area (Å²) in [5.74, 6) is -0.348. The molecule has 1 saturated carbocycles. The van der Waals surface area contributed by atoms with Gasteiger partial charge in [0.2, 0.25) is 0 Å². The fourth-order valence-corrected chi connectivity index (χ4v) is 9.45. The molecule has 1 amide bonds. The fourth-order valence-electron chi connectivity index (χ4n) is 8.71. The first-order valence-electron chi connectivity index (χ1n) is 18.6. The number of pyridine rings is 1. The number of nitrogens with one attached hydrogen (secondary N) is 2. The van der Waals surface area contributed by atoms with Crippen molar-refractivity contribution in [3.05, 3.63) is 117 Å². The number of imidazole rings is 1. The Balaban J connectivity index is 1.16. The number of ether oxygens (including phenoxy) is 1. The van der Waals surface area contributed by atoms with Crippen LogP contribution in [0.5, 0.6) is 0 Å². The van der Waals surface area contributed by atoms with Crippen molar-refractivity contribution < 1.29 is 14.3 Å². The van der Waals surface area contributed by atoms with Gasteiger partial charge < -0.3 is 24.5 Å². The zero-order chi connectivity index (χ0) is 37.8. The van der Waals surface area contributed by atoms with Gasteiger partial charge >= 0.3 is 5.97 Å². The molecule has 3 aliphatic rings. The SMILES string of the molecule is COC(=O)c1cnc(N2CCN(C3CCCCC3)CC2)c(NC(=O)c2[nH]c3cc(Cl)cc4c3c2-c2c(-c3ccccc3)ncn2C4c2ccc(Cl)cc2Cl)c1. The number of halogens is 3. The van der Waals surface area contributed by atoms with Crippen LogP contribution in [0.1, 0.15) is 70.1 Å². The van der Waals surface area contributed by atoms with Gasteiger partial charge in [0, 0.05) is 75.5 Å². The number of fused-ring (bicyclic) bond motifs is 2. The van der Waals surface area contributed by atoms with E-state index in [9.17, 15) is 9.59 Å². The molecular formula is C42H38Cl3N7O3. The van der Waals surface area contributed by atoms with Crippen molar-refractivity contribution in [3.63, 3.8) is 0 Å². The van der Waals surface area contributed by atoms with Gasteiger partial charge in [-0.3, -0.25) is 9.69 Å². The zero-order valence-corrected chi connectivity index (χ0v) is 32.4. The monoisotopic (exact) mass is 793 g/mol. The number of H-pyrrole nitrogens is 1. The maximum atomic E-state index is 14.8. The van der Waals surface area contributed by atoms with Crippen LogP contribution in [-0.2, 0) is 4.74 Å². The molecule has 3 aromatic heterocycles. The summed E-state index contributed by atoms with van der Waals surface area (Å²) in [7, 11) is 1.33. The number of nitrogens with zero attached hydrogens (tertiary/aromatic N) is 5. The first-order chi connectivity index (χ1) is 26.8. The molecule has 2 N–H and O–H groups in total. The molecule has 9 rings (SSSR count). The lowest BCUT2D eigenvalue weighted by Crippen LogP contribution is -2.51. The van der Waals surface area contributed by atoms with Crippen molar-refractivity contribution in [3.8, 4) is 22.5 Å². The maximum absolute atomic E-state index is 14.8. The second-order valence-corrected chi connectivity index (χ2v) is 15.7. The Kier molecular flexibility index (Phi) is 9.54. The molecule has 6 aromatic rings. The van der Waals surface area contributed by atoms with Crippen LogP contribution < -0.4 is 10.2 Å². The summed E-state index contributed by atoms with van der Waals surface area (Å²) in [6, 6.07) is 20.9. The number of rotatable bonds is 7. The standard InChI is InChI=1S/C42H38Cl3N7O3/c1-55-42(54)25-18-33(40(46-22-25)51-16-14-50(15-17-51)28-10-6-3-7-11-28)49-41(53)37-35-34-30(19-27(44)21-32(34)48-37)38(29-13-12-26(43)20-31(29)45)52-23-47-36(39(35)52)24-8-4-2-5-9-24/h2,4-5,8-9,12-13,18-23,28,38,48H,3,6-7,10-11,14-17H2,1H3,(H,49,53). The molecule has 1 unspecified atom stereocenters. The Morgan fingerprint density at radius 3 is 2.40 bits per heavy atom. The van der Waals surface area contributed by atoms with Gasteiger partial charge in [-0.25, -0.2) is 14.8 Å². The summed E-state index contributed by atoms with van der Waals surface area (Å²) in [6.07, 6.45) is 9.66. The van der Waals surface area contributed by atoms with Gasteiger partial charge in [0.05, 0.1) is 42.1 Å². The molecule has 1 saturated heterocycles. The van der Waals surface area contributed by atoms with E-state index in [0.29, 0.717) is 55.1 Å². The number of hydrogen-bond donors (Lipinski definition) is 2. The minimum absolute atomic E-state index is 0.238. The molecule has 1 aliphatic carbocycles. The van der Waals surface area contributed by atoms with Gasteiger partial charge in [0.25, 0.3) is 5.91 Å². The topological polar surface area (TPSA) is 108 Å². The second kappa shape index (κ2) is 14.7. The molecule has 2 fully saturated rings. The largest absolute Gasteiger partial charge is 0.465 e. The molecule has 0 spiro atoms. The number of benzene rings is 3. The third-order valence-electron chi connectivity index (χ3n) is 11.3. The number of piperazine rings is 1. The van der Waals surface area contributed by atoms with Crippen LogP contribution in [0.25, 0.3) is 33.4 Å². The maximum Gasteiger partial charge on any atom is 0.339 e. The van der Waals surface area contributed by atoms with Crippen LogP contribution in [-0.4, -0.2) is 75.6 Å². The normalized spacial score (nSPS) is 17.3. The lowest BCUT2D eigenvalue weighted by Gasteiger charge is -2.41. The van der Waals surface area contributed by atoms with Crippen molar-refractivity contribution >= 4 is 69.1 Å². The highest BCUT2D eigenvalue weighted by Gasteiger charge is 2.37. The summed E-state index contributed by atoms with van der Waals surface area (Å²) < 4.78 is 7.09. The molecular weight excluding hydrogens is 757 g/mol. The van der Waals surface area contributed by atoms with Crippen molar-refractivity contribution in [2.24, 2.45) is 0 Å². The van der Waals surface area contributed by atoms with Crippen LogP contribution in [0, 0.1) is 0 Å². The molecule has 55 heavy (non-hydrogen) atoms. The predicted molar refractivity (Wildman–Crippen MR) is 218 cm³/mol. The van der Waals surface area contributed by atoms with E-state index in [1.54, 1.807) is 18.5 Å². The van der Waals surface area contributed by atoms with Gasteiger partial charge in [0.15, 0.2) is 5.82 Å². The number of aromatic nitrogens is 4. The average Bonchev–Trinajstić information content (AvgIpc) is 3.82. The van der Waals surface area contributed by atoms with Crippen LogP contribution in [0.2, 0.25) is 15.1 Å². The zero-order valence-electron chi connectivity index (χ0n) is 30.1. The Labute approximate surface area is 333 Å². The summed E-state index contributed by atoms with van der Waals surface area (Å²) in [5.41, 5.74) is 6.34. The van der Waals surface area contributed by atoms with E-state index in [1.807, 2.05) is 59.2 Å². The summed E-state index contributed by atoms with van der Waals surface area (Å²) in [4.78, 5) is 45.5. The number of anilines is 2. The van der Waals surface area contributed by atoms with E-state index in [-0.39, 0.29) is 5.56 Å². The van der Waals surface area contributed by atoms with E-state index < -0.39 is 17.9 Å². The number of carbonyl (C=O) groups is 2. The molecule has 280 valence electrons. The average molecular weight is 795 g/mol. The molecule has 13 heteroatoms. The van der Waals surface area contributed by atoms with Crippen molar-refractivity contribution in [1.29, 1.82) is 0 Å². The van der Waals surface area contributed by atoms with E-state index >= 15 is 0 Å². The summed E-state index contributed by atoms with van der Waals surface area (Å²) >= 11 is 20.1. The number of esters is 1. The first kappa shape index (κ1) is 35.8. The minimum Gasteiger partial charge on any atom is -0.465 e. The number of aromatic amines is 1. The van der Waals surface area contributed by atoms with Gasteiger partial charge in [-0.15, -0.1) is 0 Å². The van der Waals surface area contributed by atoms with E-state index in [1.165, 1.54) is 45.4 Å². The fraction of sp³-hybridized carbons (Fsp3) is 0.286. The lowest BCUT2D eigenvalue weighted by molar-refractivity contribution is 0.0600. The Morgan fingerprint density at radius 1 is 0.873 bits per heavy atom. The molecule has 2 aliphatic heterocycles. The lowest BCUT2D eigenvalue weighted by atomic mass is 9.87. The molecule has 0 bridgehead atoms. The number of amides is 1. The molecule has 5 heterocycles. The van der Waals surface area contributed by atoms with Crippen LogP contribution >= 0.6 is 34.8 Å². The highest BCUT2D eigenvalue weighted by Crippen LogP contribution is 2.51. The van der Waals surface area contributed by atoms with Crippen molar-refractivity contribution in [1.82, 2.24) is 24.4 Å². The predicted octanol–water partition coefficient (Wildman–Crippen LogP) is 9.50. The van der Waals surface area contributed by atoms with Crippen LogP contribution in [0.15, 0.2) is 79.3 Å². The minimum atomic E-state index is -0.542. The Bertz CT molecular complexity index is 2450. The van der Waals surface area contributed by atoms with Crippen LogP contribution in [0.4, 0.5) is 11.5 Å². The van der Waals surface area contributed by atoms with Crippen molar-refractivity contribution in [2.45, 2.75) is 44.2 Å². The second-order valence-electron chi connectivity index (χ2n) is 14.4. The summed E-state index contributed by atoms with van der Waals surface area (Å²) in [6.45, 7) is 3.30. The molecule has 3 aromatic carbocycles. The smallest absolute Gasteiger partial charge is 0.339 e. The quantitative estimate of drug-likeness (QED) is 0.155. The van der Waals surface area contributed by atoms with Crippen LogP contribution in [0.3, 0.4) is 0 Å². The number of carbonyl (C=O) groups excluding carboxylic acids is 2. The Morgan fingerprint density at radius 2 is 1.65 bits per heavy atom. The third kappa shape index (κ3) is 6.44. The van der Waals surface area contributed by atoms with Gasteiger partial charge in [-0.1, -0.05) is 90.5 Å².